The van der Waals surface area contributed by atoms with Crippen LogP contribution in [0, 0.1) is 11.6 Å². The third kappa shape index (κ3) is 3.02. The molecule has 0 saturated carbocycles. The highest BCUT2D eigenvalue weighted by Gasteiger charge is 2.23. The fourth-order valence-electron chi connectivity index (χ4n) is 2.22. The van der Waals surface area contributed by atoms with Gasteiger partial charge in [0.05, 0.1) is 6.10 Å². The molecule has 1 heterocycles. The maximum Gasteiger partial charge on any atom is 0.149 e. The summed E-state index contributed by atoms with van der Waals surface area (Å²) in [5.74, 6) is -1.42. The molecule has 1 aromatic carbocycles. The maximum absolute atomic E-state index is 14.0. The molecule has 19 heavy (non-hydrogen) atoms. The molecule has 0 aliphatic carbocycles. The standard InChI is InChI=1S/C13H18F2N2O2/c1-8(18)13(19)9-6-10(14)12(11(15)7-9)17-4-2-16-3-5-17/h6-8,13,16,18-19H,2-5H2,1H3. The van der Waals surface area contributed by atoms with Crippen molar-refractivity contribution in [2.75, 3.05) is 31.1 Å². The summed E-state index contributed by atoms with van der Waals surface area (Å²) in [5, 5.41) is 22.0. The highest BCUT2D eigenvalue weighted by Crippen LogP contribution is 2.28. The zero-order valence-corrected chi connectivity index (χ0v) is 10.7. The van der Waals surface area contributed by atoms with Gasteiger partial charge in [0.2, 0.25) is 0 Å². The molecule has 2 rings (SSSR count). The van der Waals surface area contributed by atoms with Crippen molar-refractivity contribution < 1.29 is 19.0 Å². The first-order valence-corrected chi connectivity index (χ1v) is 6.31. The zero-order valence-electron chi connectivity index (χ0n) is 10.7. The third-order valence-corrected chi connectivity index (χ3v) is 3.27. The molecular formula is C13H18F2N2O2. The minimum Gasteiger partial charge on any atom is -0.390 e. The van der Waals surface area contributed by atoms with E-state index in [0.29, 0.717) is 26.2 Å². The Labute approximate surface area is 110 Å². The van der Waals surface area contributed by atoms with Crippen LogP contribution in [0.3, 0.4) is 0 Å². The molecule has 2 atom stereocenters. The number of piperazine rings is 1. The number of hydrogen-bond donors (Lipinski definition) is 3. The van der Waals surface area contributed by atoms with Crippen LogP contribution >= 0.6 is 0 Å². The molecule has 6 heteroatoms. The van der Waals surface area contributed by atoms with Crippen LogP contribution in [0.1, 0.15) is 18.6 Å². The van der Waals surface area contributed by atoms with Crippen LogP contribution in [0.5, 0.6) is 0 Å². The number of nitrogens with zero attached hydrogens (tertiary/aromatic N) is 1. The number of benzene rings is 1. The second-order valence-electron chi connectivity index (χ2n) is 4.76. The Morgan fingerprint density at radius 3 is 2.16 bits per heavy atom. The van der Waals surface area contributed by atoms with Crippen molar-refractivity contribution in [3.05, 3.63) is 29.3 Å². The van der Waals surface area contributed by atoms with E-state index in [9.17, 15) is 19.0 Å². The molecule has 0 aromatic heterocycles. The maximum atomic E-state index is 14.0. The largest absolute Gasteiger partial charge is 0.390 e. The highest BCUT2D eigenvalue weighted by atomic mass is 19.1. The van der Waals surface area contributed by atoms with Gasteiger partial charge >= 0.3 is 0 Å². The van der Waals surface area contributed by atoms with Crippen molar-refractivity contribution in [2.24, 2.45) is 0 Å². The Balaban J connectivity index is 2.31. The summed E-state index contributed by atoms with van der Waals surface area (Å²) in [5.41, 5.74) is -0.0214. The molecule has 4 nitrogen and oxygen atoms in total. The summed E-state index contributed by atoms with van der Waals surface area (Å²) in [6.45, 7) is 3.79. The van der Waals surface area contributed by atoms with Gasteiger partial charge in [0.15, 0.2) is 0 Å². The van der Waals surface area contributed by atoms with Crippen LogP contribution in [0.25, 0.3) is 0 Å². The van der Waals surface area contributed by atoms with E-state index in [1.54, 1.807) is 4.90 Å². The predicted molar refractivity (Wildman–Crippen MR) is 68.1 cm³/mol. The summed E-state index contributed by atoms with van der Waals surface area (Å²) in [4.78, 5) is 1.64. The average Bonchev–Trinajstić information content (AvgIpc) is 2.38. The van der Waals surface area contributed by atoms with Crippen LogP contribution in [-0.4, -0.2) is 42.5 Å². The molecule has 106 valence electrons. The van der Waals surface area contributed by atoms with E-state index in [0.717, 1.165) is 12.1 Å². The van der Waals surface area contributed by atoms with E-state index in [1.165, 1.54) is 6.92 Å². The first kappa shape index (κ1) is 14.2. The molecule has 0 spiro atoms. The highest BCUT2D eigenvalue weighted by molar-refractivity contribution is 5.51. The summed E-state index contributed by atoms with van der Waals surface area (Å²) in [6.07, 6.45) is -2.37. The SMILES string of the molecule is CC(O)C(O)c1cc(F)c(N2CCNCC2)c(F)c1. The first-order valence-electron chi connectivity index (χ1n) is 6.31. The Hall–Kier alpha value is -1.24. The number of aliphatic hydroxyl groups is 2. The molecule has 0 bridgehead atoms. The summed E-state index contributed by atoms with van der Waals surface area (Å²) in [7, 11) is 0. The quantitative estimate of drug-likeness (QED) is 0.761. The molecule has 1 aliphatic rings. The third-order valence-electron chi connectivity index (χ3n) is 3.27. The molecule has 1 aliphatic heterocycles. The van der Waals surface area contributed by atoms with Gasteiger partial charge < -0.3 is 20.4 Å². The van der Waals surface area contributed by atoms with Gasteiger partial charge in [-0.05, 0) is 24.6 Å². The monoisotopic (exact) mass is 272 g/mol. The van der Waals surface area contributed by atoms with Crippen molar-refractivity contribution in [2.45, 2.75) is 19.1 Å². The lowest BCUT2D eigenvalue weighted by molar-refractivity contribution is 0.0302. The Kier molecular flexibility index (Phi) is 4.34. The van der Waals surface area contributed by atoms with Crippen LogP contribution in [0.2, 0.25) is 0 Å². The van der Waals surface area contributed by atoms with Gasteiger partial charge in [0, 0.05) is 26.2 Å². The second kappa shape index (κ2) is 5.81. The number of hydrogen-bond acceptors (Lipinski definition) is 4. The molecule has 0 radical (unpaired) electrons. The van der Waals surface area contributed by atoms with E-state index in [2.05, 4.69) is 5.32 Å². The number of aliphatic hydroxyl groups excluding tert-OH is 2. The number of anilines is 1. The van der Waals surface area contributed by atoms with E-state index >= 15 is 0 Å². The second-order valence-corrected chi connectivity index (χ2v) is 4.76. The normalized spacial score (nSPS) is 19.3. The summed E-state index contributed by atoms with van der Waals surface area (Å²) >= 11 is 0. The fraction of sp³-hybridized carbons (Fsp3) is 0.538. The van der Waals surface area contributed by atoms with Crippen molar-refractivity contribution in [1.29, 1.82) is 0 Å². The minimum atomic E-state index is -1.29. The molecule has 0 amide bonds. The zero-order chi connectivity index (χ0) is 14.0. The smallest absolute Gasteiger partial charge is 0.149 e. The molecular weight excluding hydrogens is 254 g/mol. The molecule has 1 aromatic rings. The lowest BCUT2D eigenvalue weighted by Gasteiger charge is -2.30. The predicted octanol–water partition coefficient (Wildman–Crippen LogP) is 0.789. The van der Waals surface area contributed by atoms with E-state index < -0.39 is 23.8 Å². The fourth-order valence-corrected chi connectivity index (χ4v) is 2.22. The van der Waals surface area contributed by atoms with Gasteiger partial charge in [-0.3, -0.25) is 0 Å². The van der Waals surface area contributed by atoms with Gasteiger partial charge in [-0.1, -0.05) is 0 Å². The minimum absolute atomic E-state index is 0.0453. The summed E-state index contributed by atoms with van der Waals surface area (Å²) in [6, 6.07) is 2.16. The lowest BCUT2D eigenvalue weighted by Crippen LogP contribution is -2.44. The first-order chi connectivity index (χ1) is 9.00. The molecule has 1 fully saturated rings. The Morgan fingerprint density at radius 1 is 1.16 bits per heavy atom. The molecule has 1 saturated heterocycles. The van der Waals surface area contributed by atoms with Crippen molar-refractivity contribution in [3.63, 3.8) is 0 Å². The van der Waals surface area contributed by atoms with Gasteiger partial charge in [0.25, 0.3) is 0 Å². The Bertz CT molecular complexity index is 425. The lowest BCUT2D eigenvalue weighted by atomic mass is 10.0. The number of rotatable bonds is 3. The number of nitrogens with one attached hydrogen (secondary N) is 1. The van der Waals surface area contributed by atoms with Crippen LogP contribution in [0.15, 0.2) is 12.1 Å². The van der Waals surface area contributed by atoms with Crippen molar-refractivity contribution in [3.8, 4) is 0 Å². The van der Waals surface area contributed by atoms with Crippen LogP contribution in [0.4, 0.5) is 14.5 Å². The topological polar surface area (TPSA) is 55.7 Å². The molecule has 3 N–H and O–H groups in total. The van der Waals surface area contributed by atoms with Crippen LogP contribution < -0.4 is 10.2 Å². The van der Waals surface area contributed by atoms with E-state index in [-0.39, 0.29) is 11.3 Å². The average molecular weight is 272 g/mol. The number of halogens is 2. The van der Waals surface area contributed by atoms with Gasteiger partial charge in [-0.2, -0.15) is 0 Å². The Morgan fingerprint density at radius 2 is 1.68 bits per heavy atom. The van der Waals surface area contributed by atoms with E-state index in [4.69, 9.17) is 0 Å². The van der Waals surface area contributed by atoms with Crippen LogP contribution in [-0.2, 0) is 0 Å². The van der Waals surface area contributed by atoms with Gasteiger partial charge in [0.1, 0.15) is 23.4 Å². The van der Waals surface area contributed by atoms with Gasteiger partial charge in [-0.25, -0.2) is 8.78 Å². The van der Waals surface area contributed by atoms with E-state index in [1.807, 2.05) is 0 Å². The van der Waals surface area contributed by atoms with Gasteiger partial charge in [-0.15, -0.1) is 0 Å². The summed E-state index contributed by atoms with van der Waals surface area (Å²) < 4.78 is 28.0. The van der Waals surface area contributed by atoms with Crippen molar-refractivity contribution >= 4 is 5.69 Å². The van der Waals surface area contributed by atoms with Crippen molar-refractivity contribution in [1.82, 2.24) is 5.32 Å². The molecule has 2 unspecified atom stereocenters.